The molecule has 3 rings (SSSR count). The van der Waals surface area contributed by atoms with Crippen LogP contribution in [-0.2, 0) is 6.42 Å². The maximum absolute atomic E-state index is 4.76. The average molecular weight is 344 g/mol. The van der Waals surface area contributed by atoms with E-state index in [4.69, 9.17) is 4.98 Å². The van der Waals surface area contributed by atoms with Crippen LogP contribution in [0.3, 0.4) is 0 Å². The summed E-state index contributed by atoms with van der Waals surface area (Å²) in [4.78, 5) is 4.76. The second kappa shape index (κ2) is 5.90. The molecule has 0 saturated carbocycles. The summed E-state index contributed by atoms with van der Waals surface area (Å²) in [5, 5.41) is 3.17. The van der Waals surface area contributed by atoms with Crippen molar-refractivity contribution in [3.63, 3.8) is 0 Å². The number of hydrogen-bond acceptors (Lipinski definition) is 2. The molecule has 1 nitrogen and oxygen atoms in total. The van der Waals surface area contributed by atoms with Crippen molar-refractivity contribution in [3.8, 4) is 21.8 Å². The van der Waals surface area contributed by atoms with E-state index in [1.165, 1.54) is 11.1 Å². The molecule has 1 aromatic heterocycles. The smallest absolute Gasteiger partial charge is 0.125 e. The van der Waals surface area contributed by atoms with Crippen molar-refractivity contribution in [1.29, 1.82) is 0 Å². The molecule has 3 heteroatoms. The van der Waals surface area contributed by atoms with Crippen LogP contribution in [0, 0.1) is 0 Å². The highest BCUT2D eigenvalue weighted by atomic mass is 79.9. The lowest BCUT2D eigenvalue weighted by molar-refractivity contribution is 1.14. The van der Waals surface area contributed by atoms with Gasteiger partial charge in [0.2, 0.25) is 0 Å². The summed E-state index contributed by atoms with van der Waals surface area (Å²) in [6, 6.07) is 16.8. The SMILES string of the molecule is CCc1ccc(-c2csc(-c3ccccc3Br)n2)cc1. The molecule has 0 aliphatic heterocycles. The van der Waals surface area contributed by atoms with Gasteiger partial charge in [-0.15, -0.1) is 11.3 Å². The largest absolute Gasteiger partial charge is 0.236 e. The topological polar surface area (TPSA) is 12.9 Å². The van der Waals surface area contributed by atoms with Gasteiger partial charge in [0, 0.05) is 21.0 Å². The van der Waals surface area contributed by atoms with Gasteiger partial charge in [-0.05, 0) is 18.1 Å². The Balaban J connectivity index is 1.95. The van der Waals surface area contributed by atoms with Crippen LogP contribution in [0.2, 0.25) is 0 Å². The lowest BCUT2D eigenvalue weighted by atomic mass is 10.1. The molecule has 2 aromatic carbocycles. The number of rotatable bonds is 3. The number of hydrogen-bond donors (Lipinski definition) is 0. The third kappa shape index (κ3) is 2.69. The second-order valence-corrected chi connectivity index (χ2v) is 6.28. The molecule has 20 heavy (non-hydrogen) atoms. The maximum atomic E-state index is 4.76. The van der Waals surface area contributed by atoms with Crippen molar-refractivity contribution < 1.29 is 0 Å². The predicted octanol–water partition coefficient (Wildman–Crippen LogP) is 5.80. The van der Waals surface area contributed by atoms with Gasteiger partial charge in [0.05, 0.1) is 5.69 Å². The van der Waals surface area contributed by atoms with Crippen molar-refractivity contribution in [2.24, 2.45) is 0 Å². The van der Waals surface area contributed by atoms with Crippen LogP contribution in [0.15, 0.2) is 58.4 Å². The van der Waals surface area contributed by atoms with Gasteiger partial charge in [-0.1, -0.05) is 65.3 Å². The monoisotopic (exact) mass is 343 g/mol. The van der Waals surface area contributed by atoms with Crippen molar-refractivity contribution in [3.05, 3.63) is 63.9 Å². The molecule has 0 amide bonds. The molecule has 1 heterocycles. The highest BCUT2D eigenvalue weighted by Gasteiger charge is 2.08. The summed E-state index contributed by atoms with van der Waals surface area (Å²) >= 11 is 5.26. The number of nitrogens with zero attached hydrogens (tertiary/aromatic N) is 1. The molecule has 0 unspecified atom stereocenters. The van der Waals surface area contributed by atoms with Crippen LogP contribution in [0.25, 0.3) is 21.8 Å². The molecule has 0 aliphatic rings. The minimum Gasteiger partial charge on any atom is -0.236 e. The normalized spacial score (nSPS) is 10.7. The van der Waals surface area contributed by atoms with E-state index in [0.29, 0.717) is 0 Å². The van der Waals surface area contributed by atoms with E-state index in [1.54, 1.807) is 11.3 Å². The van der Waals surface area contributed by atoms with Gasteiger partial charge >= 0.3 is 0 Å². The van der Waals surface area contributed by atoms with Crippen molar-refractivity contribution in [2.45, 2.75) is 13.3 Å². The quantitative estimate of drug-likeness (QED) is 0.585. The summed E-state index contributed by atoms with van der Waals surface area (Å²) < 4.78 is 1.09. The first-order chi connectivity index (χ1) is 9.78. The van der Waals surface area contributed by atoms with Crippen molar-refractivity contribution in [1.82, 2.24) is 4.98 Å². The Morgan fingerprint density at radius 2 is 1.80 bits per heavy atom. The zero-order valence-electron chi connectivity index (χ0n) is 11.1. The van der Waals surface area contributed by atoms with Crippen molar-refractivity contribution in [2.75, 3.05) is 0 Å². The van der Waals surface area contributed by atoms with Crippen LogP contribution in [0.4, 0.5) is 0 Å². The van der Waals surface area contributed by atoms with E-state index >= 15 is 0 Å². The lowest BCUT2D eigenvalue weighted by Gasteiger charge is -2.00. The van der Waals surface area contributed by atoms with E-state index in [0.717, 1.165) is 27.2 Å². The van der Waals surface area contributed by atoms with Gasteiger partial charge in [0.1, 0.15) is 5.01 Å². The fourth-order valence-corrected chi connectivity index (χ4v) is 3.55. The summed E-state index contributed by atoms with van der Waals surface area (Å²) in [6.07, 6.45) is 1.07. The molecule has 0 atom stereocenters. The number of benzene rings is 2. The second-order valence-electron chi connectivity index (χ2n) is 4.57. The highest BCUT2D eigenvalue weighted by Crippen LogP contribution is 2.33. The Morgan fingerprint density at radius 3 is 2.50 bits per heavy atom. The molecule has 0 bridgehead atoms. The van der Waals surface area contributed by atoms with E-state index in [1.807, 2.05) is 18.2 Å². The number of thiazole rings is 1. The van der Waals surface area contributed by atoms with E-state index in [2.05, 4.69) is 58.6 Å². The van der Waals surface area contributed by atoms with Gasteiger partial charge < -0.3 is 0 Å². The maximum Gasteiger partial charge on any atom is 0.125 e. The third-order valence-electron chi connectivity index (χ3n) is 3.27. The molecule has 0 aliphatic carbocycles. The average Bonchev–Trinajstić information content (AvgIpc) is 2.97. The Hall–Kier alpha value is -1.45. The van der Waals surface area contributed by atoms with Gasteiger partial charge in [0.25, 0.3) is 0 Å². The molecule has 0 N–H and O–H groups in total. The highest BCUT2D eigenvalue weighted by molar-refractivity contribution is 9.10. The van der Waals surface area contributed by atoms with Gasteiger partial charge in [0.15, 0.2) is 0 Å². The molecular formula is C17H14BrNS. The summed E-state index contributed by atoms with van der Waals surface area (Å²) in [5.41, 5.74) is 4.73. The minimum atomic E-state index is 1.04. The van der Waals surface area contributed by atoms with Crippen LogP contribution in [-0.4, -0.2) is 4.98 Å². The molecule has 100 valence electrons. The first-order valence-electron chi connectivity index (χ1n) is 6.57. The first kappa shape index (κ1) is 13.5. The number of aryl methyl sites for hydroxylation is 1. The lowest BCUT2D eigenvalue weighted by Crippen LogP contribution is -1.82. The zero-order chi connectivity index (χ0) is 13.9. The van der Waals surface area contributed by atoms with Crippen molar-refractivity contribution >= 4 is 27.3 Å². The van der Waals surface area contributed by atoms with Crippen LogP contribution >= 0.6 is 27.3 Å². The molecule has 3 aromatic rings. The summed E-state index contributed by atoms with van der Waals surface area (Å²) in [6.45, 7) is 2.17. The molecule has 0 radical (unpaired) electrons. The van der Waals surface area contributed by atoms with Gasteiger partial charge in [-0.2, -0.15) is 0 Å². The van der Waals surface area contributed by atoms with Crippen LogP contribution in [0.1, 0.15) is 12.5 Å². The standard InChI is InChI=1S/C17H14BrNS/c1-2-12-7-9-13(10-8-12)16-11-20-17(19-16)14-5-3-4-6-15(14)18/h3-11H,2H2,1H3. The Bertz CT molecular complexity index is 716. The molecule has 0 saturated heterocycles. The van der Waals surface area contributed by atoms with E-state index < -0.39 is 0 Å². The molecule has 0 spiro atoms. The van der Waals surface area contributed by atoms with Gasteiger partial charge in [-0.3, -0.25) is 0 Å². The van der Waals surface area contributed by atoms with E-state index in [-0.39, 0.29) is 0 Å². The third-order valence-corrected chi connectivity index (χ3v) is 4.83. The molecular weight excluding hydrogens is 330 g/mol. The van der Waals surface area contributed by atoms with E-state index in [9.17, 15) is 0 Å². The number of halogens is 1. The number of aromatic nitrogens is 1. The van der Waals surface area contributed by atoms with Crippen LogP contribution in [0.5, 0.6) is 0 Å². The summed E-state index contributed by atoms with van der Waals surface area (Å²) in [7, 11) is 0. The Labute approximate surface area is 131 Å². The first-order valence-corrected chi connectivity index (χ1v) is 8.25. The minimum absolute atomic E-state index is 1.04. The van der Waals surface area contributed by atoms with Crippen LogP contribution < -0.4 is 0 Å². The fourth-order valence-electron chi connectivity index (χ4n) is 2.08. The summed E-state index contributed by atoms with van der Waals surface area (Å²) in [5.74, 6) is 0. The Kier molecular flexibility index (Phi) is 3.99. The molecule has 0 fully saturated rings. The van der Waals surface area contributed by atoms with Gasteiger partial charge in [-0.25, -0.2) is 4.98 Å². The zero-order valence-corrected chi connectivity index (χ0v) is 13.5. The fraction of sp³-hybridized carbons (Fsp3) is 0.118. The Morgan fingerprint density at radius 1 is 1.05 bits per heavy atom. The predicted molar refractivity (Wildman–Crippen MR) is 90.1 cm³/mol.